The Balaban J connectivity index is 2.89. The molecule has 0 saturated heterocycles. The fraction of sp³-hybridized carbons (Fsp3) is 0.562. The molecular weight excluding hydrogens is 222 g/mol. The van der Waals surface area contributed by atoms with E-state index in [0.29, 0.717) is 5.92 Å². The van der Waals surface area contributed by atoms with Crippen molar-refractivity contribution in [3.05, 3.63) is 36.0 Å². The highest BCUT2D eigenvalue weighted by atomic mass is 16.2. The largest absolute Gasteiger partial charge is 0.332 e. The van der Waals surface area contributed by atoms with Crippen molar-refractivity contribution in [2.24, 2.45) is 5.92 Å². The van der Waals surface area contributed by atoms with Gasteiger partial charge in [0.25, 0.3) is 5.91 Å². The highest BCUT2D eigenvalue weighted by Gasteiger charge is 2.30. The van der Waals surface area contributed by atoms with Crippen molar-refractivity contribution in [1.29, 1.82) is 0 Å². The van der Waals surface area contributed by atoms with Gasteiger partial charge in [0.05, 0.1) is 0 Å². The minimum Gasteiger partial charge on any atom is -0.332 e. The molecule has 1 rings (SSSR count). The van der Waals surface area contributed by atoms with Gasteiger partial charge in [-0.2, -0.15) is 0 Å². The maximum Gasteiger partial charge on any atom is 0.250 e. The zero-order valence-electron chi connectivity index (χ0n) is 12.1. The first kappa shape index (κ1) is 14.7. The lowest BCUT2D eigenvalue weighted by Gasteiger charge is -2.21. The average Bonchev–Trinajstić information content (AvgIpc) is 2.60. The lowest BCUT2D eigenvalue weighted by atomic mass is 10.00. The second-order valence-electron chi connectivity index (χ2n) is 5.56. The summed E-state index contributed by atoms with van der Waals surface area (Å²) in [5.74, 6) is 0.845. The summed E-state index contributed by atoms with van der Waals surface area (Å²) in [6, 6.07) is 0.265. The van der Waals surface area contributed by atoms with Crippen LogP contribution in [0.5, 0.6) is 0 Å². The molecule has 0 fully saturated rings. The molecule has 2 heteroatoms. The molecule has 0 saturated carbocycles. The Morgan fingerprint density at radius 2 is 2.00 bits per heavy atom. The quantitative estimate of drug-likeness (QED) is 0.655. The van der Waals surface area contributed by atoms with Gasteiger partial charge in [-0.05, 0) is 38.2 Å². The van der Waals surface area contributed by atoms with Gasteiger partial charge < -0.3 is 4.90 Å². The molecule has 0 spiro atoms. The molecule has 100 valence electrons. The second-order valence-corrected chi connectivity index (χ2v) is 5.56. The van der Waals surface area contributed by atoms with Crippen LogP contribution in [-0.4, -0.2) is 23.4 Å². The number of rotatable bonds is 6. The van der Waals surface area contributed by atoms with Gasteiger partial charge in [-0.15, -0.1) is 0 Å². The zero-order valence-corrected chi connectivity index (χ0v) is 12.1. The molecule has 1 heterocycles. The summed E-state index contributed by atoms with van der Waals surface area (Å²) >= 11 is 0. The molecule has 0 bridgehead atoms. The first-order valence-electron chi connectivity index (χ1n) is 6.79. The van der Waals surface area contributed by atoms with E-state index in [1.807, 2.05) is 17.1 Å². The van der Waals surface area contributed by atoms with Crippen LogP contribution in [0, 0.1) is 5.92 Å². The van der Waals surface area contributed by atoms with Gasteiger partial charge in [-0.1, -0.05) is 38.7 Å². The highest BCUT2D eigenvalue weighted by molar-refractivity contribution is 5.97. The van der Waals surface area contributed by atoms with Crippen LogP contribution < -0.4 is 0 Å². The Bertz CT molecular complexity index is 375. The number of hydrogen-bond acceptors (Lipinski definition) is 1. The standard InChI is InChI=1S/C16H25NO/c1-6-7-8-14-11-17(13(4)5)16(18)15(14)10-9-12(2)3/h6-8,12-13H,1,9-11H2,2-5H3/b8-7-. The van der Waals surface area contributed by atoms with E-state index < -0.39 is 0 Å². The number of carbonyl (C=O) groups excluding carboxylic acids is 1. The van der Waals surface area contributed by atoms with E-state index in [1.165, 1.54) is 0 Å². The summed E-state index contributed by atoms with van der Waals surface area (Å²) in [4.78, 5) is 14.3. The van der Waals surface area contributed by atoms with Crippen LogP contribution in [0.4, 0.5) is 0 Å². The minimum absolute atomic E-state index is 0.217. The number of allylic oxidation sites excluding steroid dienone is 2. The van der Waals surface area contributed by atoms with Crippen LogP contribution in [-0.2, 0) is 4.79 Å². The predicted octanol–water partition coefficient (Wildman–Crippen LogP) is 3.71. The van der Waals surface area contributed by atoms with Gasteiger partial charge in [-0.25, -0.2) is 0 Å². The fourth-order valence-electron chi connectivity index (χ4n) is 2.12. The molecule has 0 aliphatic carbocycles. The predicted molar refractivity (Wildman–Crippen MR) is 77.3 cm³/mol. The zero-order chi connectivity index (χ0) is 13.7. The fourth-order valence-corrected chi connectivity index (χ4v) is 2.12. The summed E-state index contributed by atoms with van der Waals surface area (Å²) < 4.78 is 0. The average molecular weight is 247 g/mol. The van der Waals surface area contributed by atoms with E-state index >= 15 is 0 Å². The van der Waals surface area contributed by atoms with Crippen LogP contribution in [0.1, 0.15) is 40.5 Å². The summed E-state index contributed by atoms with van der Waals surface area (Å²) in [6.07, 6.45) is 7.66. The first-order valence-corrected chi connectivity index (χ1v) is 6.79. The van der Waals surface area contributed by atoms with Gasteiger partial charge in [0, 0.05) is 18.2 Å². The van der Waals surface area contributed by atoms with Crippen molar-refractivity contribution < 1.29 is 4.79 Å². The van der Waals surface area contributed by atoms with E-state index in [0.717, 1.165) is 30.5 Å². The molecule has 0 aromatic heterocycles. The molecule has 18 heavy (non-hydrogen) atoms. The number of hydrogen-bond donors (Lipinski definition) is 0. The van der Waals surface area contributed by atoms with Gasteiger partial charge in [0.1, 0.15) is 0 Å². The molecule has 0 unspecified atom stereocenters. The van der Waals surface area contributed by atoms with Crippen molar-refractivity contribution in [2.45, 2.75) is 46.6 Å². The molecule has 2 nitrogen and oxygen atoms in total. The molecule has 1 aliphatic heterocycles. The summed E-state index contributed by atoms with van der Waals surface area (Å²) in [6.45, 7) is 13.0. The molecule has 0 atom stereocenters. The second kappa shape index (κ2) is 6.58. The van der Waals surface area contributed by atoms with Crippen molar-refractivity contribution in [1.82, 2.24) is 4.90 Å². The Morgan fingerprint density at radius 1 is 1.33 bits per heavy atom. The van der Waals surface area contributed by atoms with Crippen LogP contribution in [0.3, 0.4) is 0 Å². The Morgan fingerprint density at radius 3 is 2.50 bits per heavy atom. The lowest BCUT2D eigenvalue weighted by Crippen LogP contribution is -2.33. The maximum absolute atomic E-state index is 12.3. The highest BCUT2D eigenvalue weighted by Crippen LogP contribution is 2.27. The Hall–Kier alpha value is -1.31. The van der Waals surface area contributed by atoms with Crippen molar-refractivity contribution in [3.8, 4) is 0 Å². The van der Waals surface area contributed by atoms with E-state index in [-0.39, 0.29) is 11.9 Å². The Kier molecular flexibility index (Phi) is 5.39. The van der Waals surface area contributed by atoms with Gasteiger partial charge in [0.2, 0.25) is 0 Å². The third kappa shape index (κ3) is 3.59. The van der Waals surface area contributed by atoms with Crippen molar-refractivity contribution in [2.75, 3.05) is 6.54 Å². The maximum atomic E-state index is 12.3. The number of amides is 1. The summed E-state index contributed by atoms with van der Waals surface area (Å²) in [7, 11) is 0. The van der Waals surface area contributed by atoms with Crippen LogP contribution in [0.2, 0.25) is 0 Å². The molecule has 0 radical (unpaired) electrons. The molecule has 0 aromatic rings. The van der Waals surface area contributed by atoms with E-state index in [1.54, 1.807) is 6.08 Å². The lowest BCUT2D eigenvalue weighted by molar-refractivity contribution is -0.127. The minimum atomic E-state index is 0.217. The number of carbonyl (C=O) groups is 1. The summed E-state index contributed by atoms with van der Waals surface area (Å²) in [5, 5.41) is 0. The third-order valence-corrected chi connectivity index (χ3v) is 3.28. The van der Waals surface area contributed by atoms with Crippen LogP contribution in [0.15, 0.2) is 36.0 Å². The van der Waals surface area contributed by atoms with Crippen LogP contribution >= 0.6 is 0 Å². The van der Waals surface area contributed by atoms with Crippen LogP contribution in [0.25, 0.3) is 0 Å². The van der Waals surface area contributed by atoms with E-state index in [2.05, 4.69) is 34.3 Å². The smallest absolute Gasteiger partial charge is 0.250 e. The SMILES string of the molecule is C=C/C=C\C1=C(CCC(C)C)C(=O)N(C(C)C)C1. The molecule has 1 aliphatic rings. The first-order chi connectivity index (χ1) is 8.47. The third-order valence-electron chi connectivity index (χ3n) is 3.28. The van der Waals surface area contributed by atoms with Gasteiger partial charge in [-0.3, -0.25) is 4.79 Å². The van der Waals surface area contributed by atoms with E-state index in [4.69, 9.17) is 0 Å². The van der Waals surface area contributed by atoms with Gasteiger partial charge >= 0.3 is 0 Å². The Labute approximate surface area is 111 Å². The molecular formula is C16H25NO. The molecule has 0 aromatic carbocycles. The molecule has 0 N–H and O–H groups in total. The van der Waals surface area contributed by atoms with Gasteiger partial charge in [0.15, 0.2) is 0 Å². The van der Waals surface area contributed by atoms with Crippen molar-refractivity contribution >= 4 is 5.91 Å². The van der Waals surface area contributed by atoms with E-state index in [9.17, 15) is 4.79 Å². The molecule has 1 amide bonds. The monoisotopic (exact) mass is 247 g/mol. The topological polar surface area (TPSA) is 20.3 Å². The van der Waals surface area contributed by atoms with Crippen molar-refractivity contribution in [3.63, 3.8) is 0 Å². The normalized spacial score (nSPS) is 16.8. The number of nitrogens with zero attached hydrogens (tertiary/aromatic N) is 1. The summed E-state index contributed by atoms with van der Waals surface area (Å²) in [5.41, 5.74) is 2.16.